The van der Waals surface area contributed by atoms with E-state index >= 15 is 0 Å². The molecule has 0 radical (unpaired) electrons. The van der Waals surface area contributed by atoms with Crippen molar-refractivity contribution in [1.29, 1.82) is 0 Å². The van der Waals surface area contributed by atoms with Gasteiger partial charge in [0, 0.05) is 6.92 Å². The summed E-state index contributed by atoms with van der Waals surface area (Å²) in [4.78, 5) is 23.0. The first-order chi connectivity index (χ1) is 11.3. The number of aliphatic hydroxyl groups excluding tert-OH is 2. The molecule has 1 aliphatic rings. The van der Waals surface area contributed by atoms with Crippen LogP contribution < -0.4 is 10.6 Å². The summed E-state index contributed by atoms with van der Waals surface area (Å²) in [6.45, 7) is 4.81. The fraction of sp³-hybridized carbons (Fsp3) is 0.765. The lowest BCUT2D eigenvalue weighted by molar-refractivity contribution is -0.139. The van der Waals surface area contributed by atoms with Gasteiger partial charge in [-0.05, 0) is 32.1 Å². The summed E-state index contributed by atoms with van der Waals surface area (Å²) in [6, 6.07) is -1.48. The van der Waals surface area contributed by atoms with E-state index in [4.69, 9.17) is 0 Å². The second-order valence-corrected chi connectivity index (χ2v) is 6.53. The number of allylic oxidation sites excluding steroid dienone is 1. The number of nitrogens with one attached hydrogen (secondary N) is 2. The fourth-order valence-electron chi connectivity index (χ4n) is 3.72. The second kappa shape index (κ2) is 9.15. The summed E-state index contributed by atoms with van der Waals surface area (Å²) < 4.78 is 0. The first kappa shape index (κ1) is 20.6. The van der Waals surface area contributed by atoms with E-state index in [0.29, 0.717) is 12.8 Å². The molecular weight excluding hydrogens is 312 g/mol. The first-order valence-electron chi connectivity index (χ1n) is 8.50. The zero-order valence-corrected chi connectivity index (χ0v) is 14.7. The van der Waals surface area contributed by atoms with Crippen LogP contribution in [0.3, 0.4) is 0 Å². The highest BCUT2D eigenvalue weighted by molar-refractivity contribution is 5.75. The number of hydrogen-bond acceptors (Lipinski definition) is 5. The predicted octanol–water partition coefficient (Wildman–Crippen LogP) is 0.412. The van der Waals surface area contributed by atoms with Crippen LogP contribution in [0.25, 0.3) is 0 Å². The van der Waals surface area contributed by atoms with Gasteiger partial charge in [-0.3, -0.25) is 14.9 Å². The topological polar surface area (TPSA) is 119 Å². The lowest BCUT2D eigenvalue weighted by Crippen LogP contribution is -2.64. The van der Waals surface area contributed by atoms with Gasteiger partial charge in [-0.2, -0.15) is 0 Å². The molecule has 0 aromatic carbocycles. The van der Waals surface area contributed by atoms with Crippen LogP contribution in [0.1, 0.15) is 46.5 Å². The molecule has 0 aromatic rings. The van der Waals surface area contributed by atoms with E-state index in [2.05, 4.69) is 10.6 Å². The van der Waals surface area contributed by atoms with Crippen molar-refractivity contribution in [1.82, 2.24) is 10.6 Å². The van der Waals surface area contributed by atoms with Gasteiger partial charge in [0.05, 0.1) is 24.3 Å². The molecule has 1 amide bonds. The van der Waals surface area contributed by atoms with Crippen molar-refractivity contribution in [3.8, 4) is 0 Å². The largest absolute Gasteiger partial charge is 0.480 e. The first-order valence-corrected chi connectivity index (χ1v) is 8.50. The lowest BCUT2D eigenvalue weighted by Gasteiger charge is -2.42. The zero-order valence-electron chi connectivity index (χ0n) is 14.7. The maximum Gasteiger partial charge on any atom is 0.320 e. The molecule has 5 N–H and O–H groups in total. The van der Waals surface area contributed by atoms with Gasteiger partial charge < -0.3 is 20.6 Å². The van der Waals surface area contributed by atoms with Crippen molar-refractivity contribution in [2.75, 3.05) is 6.61 Å². The smallest absolute Gasteiger partial charge is 0.320 e. The molecule has 24 heavy (non-hydrogen) atoms. The van der Waals surface area contributed by atoms with E-state index < -0.39 is 29.7 Å². The number of rotatable bonds is 9. The van der Waals surface area contributed by atoms with Gasteiger partial charge in [-0.15, -0.1) is 0 Å². The van der Waals surface area contributed by atoms with Crippen LogP contribution in [-0.2, 0) is 9.59 Å². The van der Waals surface area contributed by atoms with E-state index in [0.717, 1.165) is 6.42 Å². The van der Waals surface area contributed by atoms with Gasteiger partial charge in [-0.25, -0.2) is 0 Å². The summed E-state index contributed by atoms with van der Waals surface area (Å²) in [6.07, 6.45) is 5.03. The van der Waals surface area contributed by atoms with Crippen molar-refractivity contribution < 1.29 is 24.9 Å². The number of carbonyl (C=O) groups excluding carboxylic acids is 1. The number of aliphatic hydroxyl groups is 2. The molecule has 0 unspecified atom stereocenters. The Kier molecular flexibility index (Phi) is 7.86. The highest BCUT2D eigenvalue weighted by Gasteiger charge is 2.53. The van der Waals surface area contributed by atoms with Crippen LogP contribution in [-0.4, -0.2) is 57.5 Å². The molecule has 0 spiro atoms. The normalized spacial score (nSPS) is 29.5. The Balaban J connectivity index is 3.26. The van der Waals surface area contributed by atoms with Crippen molar-refractivity contribution in [3.05, 3.63) is 12.2 Å². The molecule has 5 atom stereocenters. The molecule has 1 saturated heterocycles. The third-order valence-corrected chi connectivity index (χ3v) is 4.69. The van der Waals surface area contributed by atoms with Crippen LogP contribution in [0, 0.1) is 5.92 Å². The van der Waals surface area contributed by atoms with E-state index in [-0.39, 0.29) is 24.9 Å². The maximum absolute atomic E-state index is 11.6. The number of carboxylic acid groups (broad SMARTS) is 1. The molecule has 0 aromatic heterocycles. The van der Waals surface area contributed by atoms with Crippen molar-refractivity contribution >= 4 is 11.9 Å². The summed E-state index contributed by atoms with van der Waals surface area (Å²) in [7, 11) is 0. The van der Waals surface area contributed by atoms with Gasteiger partial charge in [0.25, 0.3) is 0 Å². The van der Waals surface area contributed by atoms with Gasteiger partial charge in [-0.1, -0.05) is 25.5 Å². The monoisotopic (exact) mass is 342 g/mol. The Morgan fingerprint density at radius 2 is 2.12 bits per heavy atom. The highest BCUT2D eigenvalue weighted by Crippen LogP contribution is 2.39. The van der Waals surface area contributed by atoms with E-state index in [1.807, 2.05) is 26.0 Å². The molecule has 1 aliphatic heterocycles. The highest BCUT2D eigenvalue weighted by atomic mass is 16.4. The number of hydrogen-bond donors (Lipinski definition) is 5. The average molecular weight is 342 g/mol. The summed E-state index contributed by atoms with van der Waals surface area (Å²) in [5.41, 5.74) is -0.912. The van der Waals surface area contributed by atoms with Crippen LogP contribution in [0.4, 0.5) is 0 Å². The molecule has 138 valence electrons. The Labute approximate surface area is 143 Å². The minimum absolute atomic E-state index is 0.223. The summed E-state index contributed by atoms with van der Waals surface area (Å²) >= 11 is 0. The molecule has 7 nitrogen and oxygen atoms in total. The molecule has 0 saturated carbocycles. The zero-order chi connectivity index (χ0) is 18.3. The standard InChI is InChI=1S/C17H30N2O5/c1-4-6-12-8-14(16(23)24)19-17(12,9-13(22)7-5-2)15(10-20)18-11(3)21/h4,6,12-15,19-20,22H,5,7-10H2,1-3H3,(H,18,21)(H,23,24)/b6-4-/t12-,13-,14-,15+,17-/m1/s1. The SMILES string of the molecule is C/C=C\[C@@H]1C[C@H](C(=O)O)N[C@@]1(C[C@H](O)CCC)[C@H](CO)NC(C)=O. The third kappa shape index (κ3) is 4.78. The number of amides is 1. The molecule has 0 aliphatic carbocycles. The van der Waals surface area contributed by atoms with Crippen LogP contribution in [0.2, 0.25) is 0 Å². The third-order valence-electron chi connectivity index (χ3n) is 4.69. The molecule has 1 rings (SSSR count). The van der Waals surface area contributed by atoms with Crippen LogP contribution in [0.15, 0.2) is 12.2 Å². The Morgan fingerprint density at radius 1 is 1.46 bits per heavy atom. The Hall–Kier alpha value is -1.44. The lowest BCUT2D eigenvalue weighted by atomic mass is 9.74. The quantitative estimate of drug-likeness (QED) is 0.387. The van der Waals surface area contributed by atoms with Crippen molar-refractivity contribution in [2.45, 2.75) is 70.2 Å². The predicted molar refractivity (Wildman–Crippen MR) is 90.4 cm³/mol. The Bertz CT molecular complexity index is 468. The number of carboxylic acids is 1. The van der Waals surface area contributed by atoms with Gasteiger partial charge in [0.15, 0.2) is 0 Å². The fourth-order valence-corrected chi connectivity index (χ4v) is 3.72. The molecule has 1 fully saturated rings. The molecule has 1 heterocycles. The van der Waals surface area contributed by atoms with E-state index in [1.165, 1.54) is 6.92 Å². The molecule has 7 heteroatoms. The van der Waals surface area contributed by atoms with Crippen molar-refractivity contribution in [3.63, 3.8) is 0 Å². The van der Waals surface area contributed by atoms with Gasteiger partial charge in [0.1, 0.15) is 6.04 Å². The minimum atomic E-state index is -0.976. The molecule has 0 bridgehead atoms. The van der Waals surface area contributed by atoms with E-state index in [1.54, 1.807) is 0 Å². The van der Waals surface area contributed by atoms with Crippen molar-refractivity contribution in [2.24, 2.45) is 5.92 Å². The maximum atomic E-state index is 11.6. The van der Waals surface area contributed by atoms with Gasteiger partial charge in [0.2, 0.25) is 5.91 Å². The number of carbonyl (C=O) groups is 2. The Morgan fingerprint density at radius 3 is 2.58 bits per heavy atom. The summed E-state index contributed by atoms with van der Waals surface area (Å²) in [5, 5.41) is 35.4. The summed E-state index contributed by atoms with van der Waals surface area (Å²) in [5.74, 6) is -1.51. The number of aliphatic carboxylic acids is 1. The average Bonchev–Trinajstić information content (AvgIpc) is 2.85. The van der Waals surface area contributed by atoms with E-state index in [9.17, 15) is 24.9 Å². The second-order valence-electron chi connectivity index (χ2n) is 6.53. The molecular formula is C17H30N2O5. The minimum Gasteiger partial charge on any atom is -0.480 e. The van der Waals surface area contributed by atoms with Gasteiger partial charge >= 0.3 is 5.97 Å². The van der Waals surface area contributed by atoms with Crippen LogP contribution >= 0.6 is 0 Å². The van der Waals surface area contributed by atoms with Crippen LogP contribution in [0.5, 0.6) is 0 Å².